The zero-order valence-corrected chi connectivity index (χ0v) is 19.3. The van der Waals surface area contributed by atoms with Gasteiger partial charge in [-0.15, -0.1) is 0 Å². The van der Waals surface area contributed by atoms with Crippen molar-refractivity contribution in [2.45, 2.75) is 24.8 Å². The fourth-order valence-electron chi connectivity index (χ4n) is 2.47. The van der Waals surface area contributed by atoms with Crippen molar-refractivity contribution in [3.05, 3.63) is 59.1 Å². The number of sulfonamides is 1. The zero-order chi connectivity index (χ0) is 21.6. The Bertz CT molecular complexity index is 1080. The lowest BCUT2D eigenvalue weighted by Crippen LogP contribution is -2.29. The summed E-state index contributed by atoms with van der Waals surface area (Å²) < 4.78 is 30.0. The summed E-state index contributed by atoms with van der Waals surface area (Å²) >= 11 is 8.73. The van der Waals surface area contributed by atoms with Crippen LogP contribution in [0.3, 0.4) is 0 Å². The number of nitrogens with zero attached hydrogens (tertiary/aromatic N) is 4. The van der Waals surface area contributed by atoms with Gasteiger partial charge < -0.3 is 10.6 Å². The highest BCUT2D eigenvalue weighted by Gasteiger charge is 2.15. The summed E-state index contributed by atoms with van der Waals surface area (Å²) in [5.74, 6) is 0.0164. The average Bonchev–Trinajstić information content (AvgIpc) is 3.03. The number of hydrogen-bond acceptors (Lipinski definition) is 6. The summed E-state index contributed by atoms with van der Waals surface area (Å²) in [5.41, 5.74) is 1.63. The lowest BCUT2D eigenvalue weighted by molar-refractivity contribution is 0.570. The summed E-state index contributed by atoms with van der Waals surface area (Å²) in [4.78, 5) is 7.82. The number of nitrogens with one attached hydrogen (secondary N) is 3. The van der Waals surface area contributed by atoms with Crippen molar-refractivity contribution < 1.29 is 8.42 Å². The molecule has 158 valence electrons. The molecule has 2 heterocycles. The predicted molar refractivity (Wildman–Crippen MR) is 123 cm³/mol. The Morgan fingerprint density at radius 2 is 1.90 bits per heavy atom. The van der Waals surface area contributed by atoms with Crippen molar-refractivity contribution in [1.29, 1.82) is 0 Å². The first-order valence-electron chi connectivity index (χ1n) is 8.98. The molecule has 0 fully saturated rings. The Labute approximate surface area is 188 Å². The van der Waals surface area contributed by atoms with Crippen molar-refractivity contribution in [3.63, 3.8) is 0 Å². The Hall–Kier alpha value is -2.57. The maximum absolute atomic E-state index is 12.4. The van der Waals surface area contributed by atoms with E-state index in [1.165, 1.54) is 24.5 Å². The summed E-state index contributed by atoms with van der Waals surface area (Å²) in [5, 5.41) is 11.0. The predicted octanol–water partition coefficient (Wildman–Crippen LogP) is 2.92. The maximum atomic E-state index is 12.4. The van der Waals surface area contributed by atoms with Crippen LogP contribution >= 0.6 is 28.1 Å². The molecule has 0 atom stereocenters. The molecule has 0 saturated carbocycles. The molecule has 0 bridgehead atoms. The van der Waals surface area contributed by atoms with Gasteiger partial charge in [-0.25, -0.2) is 23.1 Å². The molecule has 2 aromatic heterocycles. The zero-order valence-electron chi connectivity index (χ0n) is 16.0. The van der Waals surface area contributed by atoms with E-state index in [4.69, 9.17) is 12.2 Å². The number of thiocarbonyl (C=S) groups is 1. The van der Waals surface area contributed by atoms with Crippen molar-refractivity contribution in [2.75, 3.05) is 16.6 Å². The fourth-order valence-corrected chi connectivity index (χ4v) is 3.97. The highest BCUT2D eigenvalue weighted by molar-refractivity contribution is 9.10. The standard InChI is InChI=1S/C18H20BrN7O2S2/c1-13-16(19)12-26(24-13)11-3-10-22-18(29)23-14-4-6-15(7-5-14)30(27,28)25-17-20-8-2-9-21-17/h2,4-9,12H,3,10-11H2,1H3,(H,20,21,25)(H2,22,23,29). The fraction of sp³-hybridized carbons (Fsp3) is 0.222. The minimum Gasteiger partial charge on any atom is -0.362 e. The van der Waals surface area contributed by atoms with E-state index >= 15 is 0 Å². The van der Waals surface area contributed by atoms with Crippen LogP contribution in [-0.2, 0) is 16.6 Å². The molecule has 3 N–H and O–H groups in total. The third kappa shape index (κ3) is 6.21. The van der Waals surface area contributed by atoms with Gasteiger partial charge in [0.1, 0.15) is 0 Å². The molecule has 3 aromatic rings. The van der Waals surface area contributed by atoms with E-state index in [2.05, 4.69) is 46.4 Å². The molecule has 12 heteroatoms. The molecule has 0 aliphatic heterocycles. The van der Waals surface area contributed by atoms with Crippen molar-refractivity contribution >= 4 is 54.9 Å². The molecule has 3 rings (SSSR count). The number of halogens is 1. The van der Waals surface area contributed by atoms with Crippen LogP contribution in [-0.4, -0.2) is 39.8 Å². The third-order valence-electron chi connectivity index (χ3n) is 3.95. The average molecular weight is 510 g/mol. The summed E-state index contributed by atoms with van der Waals surface area (Å²) in [7, 11) is -3.77. The van der Waals surface area contributed by atoms with Crippen LogP contribution < -0.4 is 15.4 Å². The minimum absolute atomic E-state index is 0.0164. The van der Waals surface area contributed by atoms with E-state index in [9.17, 15) is 8.42 Å². The Morgan fingerprint density at radius 1 is 1.20 bits per heavy atom. The van der Waals surface area contributed by atoms with E-state index in [-0.39, 0.29) is 10.8 Å². The molecular formula is C18H20BrN7O2S2. The lowest BCUT2D eigenvalue weighted by atomic mass is 10.3. The van der Waals surface area contributed by atoms with Gasteiger partial charge in [0.15, 0.2) is 5.11 Å². The minimum atomic E-state index is -3.77. The quantitative estimate of drug-likeness (QED) is 0.313. The molecular weight excluding hydrogens is 490 g/mol. The molecule has 30 heavy (non-hydrogen) atoms. The second-order valence-electron chi connectivity index (χ2n) is 6.26. The number of anilines is 2. The third-order valence-corrected chi connectivity index (χ3v) is 6.32. The first-order valence-corrected chi connectivity index (χ1v) is 11.7. The van der Waals surface area contributed by atoms with Crippen molar-refractivity contribution in [2.24, 2.45) is 0 Å². The first-order chi connectivity index (χ1) is 14.3. The Morgan fingerprint density at radius 3 is 2.53 bits per heavy atom. The number of aryl methyl sites for hydroxylation is 2. The van der Waals surface area contributed by atoms with Crippen LogP contribution in [0.1, 0.15) is 12.1 Å². The van der Waals surface area contributed by atoms with E-state index in [0.717, 1.165) is 23.1 Å². The summed E-state index contributed by atoms with van der Waals surface area (Å²) in [6, 6.07) is 7.84. The van der Waals surface area contributed by atoms with E-state index in [0.29, 0.717) is 17.3 Å². The van der Waals surface area contributed by atoms with Gasteiger partial charge in [0.05, 0.1) is 15.1 Å². The summed E-state index contributed by atoms with van der Waals surface area (Å²) in [6.45, 7) is 3.39. The van der Waals surface area contributed by atoms with E-state index in [1.54, 1.807) is 18.2 Å². The van der Waals surface area contributed by atoms with Crippen molar-refractivity contribution in [3.8, 4) is 0 Å². The van der Waals surface area contributed by atoms with Crippen LogP contribution in [0.15, 0.2) is 58.3 Å². The van der Waals surface area contributed by atoms with Gasteiger partial charge in [-0.3, -0.25) is 4.68 Å². The Kier molecular flexibility index (Phi) is 7.34. The van der Waals surface area contributed by atoms with Gasteiger partial charge in [0.25, 0.3) is 10.0 Å². The van der Waals surface area contributed by atoms with Crippen LogP contribution in [0, 0.1) is 6.92 Å². The maximum Gasteiger partial charge on any atom is 0.264 e. The lowest BCUT2D eigenvalue weighted by Gasteiger charge is -2.11. The summed E-state index contributed by atoms with van der Waals surface area (Å²) in [6.07, 6.45) is 5.71. The molecule has 0 amide bonds. The van der Waals surface area contributed by atoms with Crippen LogP contribution in [0.5, 0.6) is 0 Å². The molecule has 0 spiro atoms. The molecule has 0 aliphatic rings. The second kappa shape index (κ2) is 9.96. The molecule has 1 aromatic carbocycles. The second-order valence-corrected chi connectivity index (χ2v) is 9.21. The topological polar surface area (TPSA) is 114 Å². The van der Waals surface area contributed by atoms with Gasteiger partial charge in [-0.1, -0.05) is 0 Å². The van der Waals surface area contributed by atoms with Crippen molar-refractivity contribution in [1.82, 2.24) is 25.1 Å². The molecule has 0 unspecified atom stereocenters. The van der Waals surface area contributed by atoms with Crippen LogP contribution in [0.2, 0.25) is 0 Å². The van der Waals surface area contributed by atoms with Crippen LogP contribution in [0.25, 0.3) is 0 Å². The van der Waals surface area contributed by atoms with Gasteiger partial charge >= 0.3 is 0 Å². The van der Waals surface area contributed by atoms with Crippen LogP contribution in [0.4, 0.5) is 11.6 Å². The number of hydrogen-bond donors (Lipinski definition) is 3. The highest BCUT2D eigenvalue weighted by atomic mass is 79.9. The molecule has 9 nitrogen and oxygen atoms in total. The largest absolute Gasteiger partial charge is 0.362 e. The van der Waals surface area contributed by atoms with Gasteiger partial charge in [-0.2, -0.15) is 5.10 Å². The highest BCUT2D eigenvalue weighted by Crippen LogP contribution is 2.16. The van der Waals surface area contributed by atoms with Gasteiger partial charge in [0.2, 0.25) is 5.95 Å². The Balaban J connectivity index is 1.47. The smallest absolute Gasteiger partial charge is 0.264 e. The van der Waals surface area contributed by atoms with Gasteiger partial charge in [0, 0.05) is 37.4 Å². The van der Waals surface area contributed by atoms with E-state index < -0.39 is 10.0 Å². The first kappa shape index (κ1) is 22.1. The number of aromatic nitrogens is 4. The normalized spacial score (nSPS) is 11.1. The number of benzene rings is 1. The number of rotatable bonds is 8. The van der Waals surface area contributed by atoms with Gasteiger partial charge in [-0.05, 0) is 71.8 Å². The molecule has 0 aliphatic carbocycles. The molecule has 0 radical (unpaired) electrons. The monoisotopic (exact) mass is 509 g/mol. The SMILES string of the molecule is Cc1nn(CCCNC(=S)Nc2ccc(S(=O)(=O)Nc3ncccn3)cc2)cc1Br. The molecule has 0 saturated heterocycles. The van der Waals surface area contributed by atoms with E-state index in [1.807, 2.05) is 17.8 Å².